The Bertz CT molecular complexity index is 581. The van der Waals surface area contributed by atoms with Crippen LogP contribution in [0, 0.1) is 12.8 Å². The number of carbonyl (C=O) groups is 2. The van der Waals surface area contributed by atoms with Gasteiger partial charge < -0.3 is 21.5 Å². The first kappa shape index (κ1) is 17.8. The van der Waals surface area contributed by atoms with Crippen molar-refractivity contribution in [2.45, 2.75) is 26.2 Å². The third kappa shape index (κ3) is 4.97. The normalized spacial score (nSPS) is 15.3. The lowest BCUT2D eigenvalue weighted by Gasteiger charge is -2.33. The van der Waals surface area contributed by atoms with Crippen molar-refractivity contribution in [3.8, 4) is 0 Å². The van der Waals surface area contributed by atoms with Gasteiger partial charge in [0.05, 0.1) is 0 Å². The van der Waals surface area contributed by atoms with Gasteiger partial charge in [-0.25, -0.2) is 9.78 Å². The van der Waals surface area contributed by atoms with E-state index >= 15 is 0 Å². The van der Waals surface area contributed by atoms with Crippen molar-refractivity contribution in [1.82, 2.24) is 14.9 Å². The molecular formula is C15H24N6O3. The highest BCUT2D eigenvalue weighted by molar-refractivity contribution is 5.80. The molecule has 1 aromatic rings. The van der Waals surface area contributed by atoms with E-state index in [2.05, 4.69) is 14.9 Å². The van der Waals surface area contributed by atoms with Gasteiger partial charge in [0, 0.05) is 31.4 Å². The zero-order valence-electron chi connectivity index (χ0n) is 13.8. The summed E-state index contributed by atoms with van der Waals surface area (Å²) in [4.78, 5) is 33.6. The van der Waals surface area contributed by atoms with E-state index in [0.717, 1.165) is 48.8 Å². The Labute approximate surface area is 140 Å². The van der Waals surface area contributed by atoms with E-state index in [1.807, 2.05) is 13.0 Å². The molecule has 1 fully saturated rings. The van der Waals surface area contributed by atoms with Gasteiger partial charge in [-0.05, 0) is 32.1 Å². The van der Waals surface area contributed by atoms with Crippen LogP contribution in [0.3, 0.4) is 0 Å². The van der Waals surface area contributed by atoms with E-state index in [4.69, 9.17) is 16.6 Å². The summed E-state index contributed by atoms with van der Waals surface area (Å²) in [6, 6.07) is 1.91. The molecule has 0 atom stereocenters. The first-order valence-electron chi connectivity index (χ1n) is 7.97. The highest BCUT2D eigenvalue weighted by Crippen LogP contribution is 2.25. The molecule has 2 amide bonds. The maximum absolute atomic E-state index is 11.1. The molecule has 0 spiro atoms. The van der Waals surface area contributed by atoms with E-state index in [0.29, 0.717) is 12.5 Å². The summed E-state index contributed by atoms with van der Waals surface area (Å²) in [5, 5.41) is 9.08. The fourth-order valence-corrected chi connectivity index (χ4v) is 2.96. The number of nitrogens with two attached hydrogens (primary N) is 2. The van der Waals surface area contributed by atoms with Crippen molar-refractivity contribution < 1.29 is 14.7 Å². The number of rotatable bonds is 6. The first-order chi connectivity index (χ1) is 11.3. The number of nitrogen functional groups attached to an aromatic ring is 1. The van der Waals surface area contributed by atoms with Crippen LogP contribution in [0.2, 0.25) is 0 Å². The number of carboxylic acid groups (broad SMARTS) is 1. The average molecular weight is 336 g/mol. The van der Waals surface area contributed by atoms with Crippen LogP contribution in [0.25, 0.3) is 0 Å². The maximum Gasteiger partial charge on any atom is 0.407 e. The molecule has 1 aliphatic rings. The van der Waals surface area contributed by atoms with Gasteiger partial charge in [0.1, 0.15) is 12.4 Å². The zero-order chi connectivity index (χ0) is 17.7. The van der Waals surface area contributed by atoms with Crippen molar-refractivity contribution in [3.63, 3.8) is 0 Å². The van der Waals surface area contributed by atoms with Gasteiger partial charge in [0.2, 0.25) is 11.9 Å². The Hall–Kier alpha value is -2.58. The lowest BCUT2D eigenvalue weighted by Crippen LogP contribution is -2.40. The molecule has 1 aromatic heterocycles. The number of aromatic nitrogens is 2. The van der Waals surface area contributed by atoms with Gasteiger partial charge in [0.25, 0.3) is 0 Å². The molecule has 5 N–H and O–H groups in total. The van der Waals surface area contributed by atoms with Crippen molar-refractivity contribution in [2.75, 3.05) is 36.8 Å². The number of hydrogen-bond acceptors (Lipinski definition) is 6. The van der Waals surface area contributed by atoms with Crippen LogP contribution in [-0.2, 0) is 4.79 Å². The Balaban J connectivity index is 1.84. The summed E-state index contributed by atoms with van der Waals surface area (Å²) >= 11 is 0. The minimum absolute atomic E-state index is 0.256. The lowest BCUT2D eigenvalue weighted by atomic mass is 9.93. The molecule has 0 aromatic carbocycles. The van der Waals surface area contributed by atoms with Gasteiger partial charge in [-0.1, -0.05) is 0 Å². The summed E-state index contributed by atoms with van der Waals surface area (Å²) in [5.74, 6) is 0.884. The standard InChI is InChI=1S/C15H24N6O3/c1-10-8-13(19-14(17)18-10)20-5-2-11(3-6-20)4-7-21(15(23)24)9-12(16)22/h8,11H,2-7,9H2,1H3,(H2,16,22)(H,23,24)(H2,17,18,19). The fraction of sp³-hybridized carbons (Fsp3) is 0.600. The monoisotopic (exact) mass is 336 g/mol. The third-order valence-corrected chi connectivity index (χ3v) is 4.22. The number of aryl methyl sites for hydroxylation is 1. The molecule has 2 rings (SSSR count). The Kier molecular flexibility index (Phi) is 5.78. The lowest BCUT2D eigenvalue weighted by molar-refractivity contribution is -0.118. The second-order valence-corrected chi connectivity index (χ2v) is 6.12. The number of nitrogens with zero attached hydrogens (tertiary/aromatic N) is 4. The van der Waals surface area contributed by atoms with Gasteiger partial charge >= 0.3 is 6.09 Å². The summed E-state index contributed by atoms with van der Waals surface area (Å²) in [7, 11) is 0. The minimum Gasteiger partial charge on any atom is -0.465 e. The van der Waals surface area contributed by atoms with Crippen molar-refractivity contribution >= 4 is 23.8 Å². The second kappa shape index (κ2) is 7.80. The molecule has 1 saturated heterocycles. The number of anilines is 2. The third-order valence-electron chi connectivity index (χ3n) is 4.22. The predicted octanol–water partition coefficient (Wildman–Crippen LogP) is 0.439. The molecule has 9 heteroatoms. The number of piperidine rings is 1. The number of carbonyl (C=O) groups excluding carboxylic acids is 1. The zero-order valence-corrected chi connectivity index (χ0v) is 13.8. The number of amides is 2. The molecule has 0 unspecified atom stereocenters. The Morgan fingerprint density at radius 1 is 1.38 bits per heavy atom. The van der Waals surface area contributed by atoms with Crippen LogP contribution in [0.4, 0.5) is 16.6 Å². The summed E-state index contributed by atoms with van der Waals surface area (Å²) in [6.07, 6.45) is 1.48. The molecule has 24 heavy (non-hydrogen) atoms. The smallest absolute Gasteiger partial charge is 0.407 e. The van der Waals surface area contributed by atoms with Gasteiger partial charge in [0.15, 0.2) is 0 Å². The quantitative estimate of drug-likeness (QED) is 0.685. The predicted molar refractivity (Wildman–Crippen MR) is 89.5 cm³/mol. The number of hydrogen-bond donors (Lipinski definition) is 3. The molecule has 2 heterocycles. The number of primary amides is 1. The molecule has 0 radical (unpaired) electrons. The van der Waals surface area contributed by atoms with Gasteiger partial charge in [-0.15, -0.1) is 0 Å². The van der Waals surface area contributed by atoms with Crippen LogP contribution in [0.1, 0.15) is 25.0 Å². The van der Waals surface area contributed by atoms with Crippen LogP contribution >= 0.6 is 0 Å². The largest absolute Gasteiger partial charge is 0.465 e. The summed E-state index contributed by atoms with van der Waals surface area (Å²) in [5.41, 5.74) is 11.6. The highest BCUT2D eigenvalue weighted by Gasteiger charge is 2.22. The fourth-order valence-electron chi connectivity index (χ4n) is 2.96. The highest BCUT2D eigenvalue weighted by atomic mass is 16.4. The van der Waals surface area contributed by atoms with E-state index in [9.17, 15) is 9.59 Å². The van der Waals surface area contributed by atoms with E-state index in [1.54, 1.807) is 0 Å². The SMILES string of the molecule is Cc1cc(N2CCC(CCN(CC(N)=O)C(=O)O)CC2)nc(N)n1. The van der Waals surface area contributed by atoms with Crippen LogP contribution < -0.4 is 16.4 Å². The molecule has 0 aliphatic carbocycles. The van der Waals surface area contributed by atoms with E-state index in [-0.39, 0.29) is 12.5 Å². The second-order valence-electron chi connectivity index (χ2n) is 6.12. The maximum atomic E-state index is 11.1. The van der Waals surface area contributed by atoms with E-state index < -0.39 is 12.0 Å². The Morgan fingerprint density at radius 3 is 2.58 bits per heavy atom. The molecule has 1 aliphatic heterocycles. The minimum atomic E-state index is -1.11. The molecule has 0 bridgehead atoms. The summed E-state index contributed by atoms with van der Waals surface area (Å²) in [6.45, 7) is 3.62. The van der Waals surface area contributed by atoms with Crippen LogP contribution in [0.15, 0.2) is 6.07 Å². The van der Waals surface area contributed by atoms with Crippen molar-refractivity contribution in [1.29, 1.82) is 0 Å². The average Bonchev–Trinajstić information content (AvgIpc) is 2.50. The Morgan fingerprint density at radius 2 is 2.04 bits per heavy atom. The van der Waals surface area contributed by atoms with Crippen molar-refractivity contribution in [3.05, 3.63) is 11.8 Å². The van der Waals surface area contributed by atoms with Crippen LogP contribution in [-0.4, -0.2) is 58.2 Å². The summed E-state index contributed by atoms with van der Waals surface area (Å²) < 4.78 is 0. The molecule has 9 nitrogen and oxygen atoms in total. The first-order valence-corrected chi connectivity index (χ1v) is 7.97. The van der Waals surface area contributed by atoms with E-state index in [1.165, 1.54) is 0 Å². The van der Waals surface area contributed by atoms with Gasteiger partial charge in [-0.3, -0.25) is 9.69 Å². The van der Waals surface area contributed by atoms with Crippen molar-refractivity contribution in [2.24, 2.45) is 11.7 Å². The van der Waals surface area contributed by atoms with Crippen LogP contribution in [0.5, 0.6) is 0 Å². The topological polar surface area (TPSA) is 139 Å². The molecular weight excluding hydrogens is 312 g/mol. The molecule has 0 saturated carbocycles. The van der Waals surface area contributed by atoms with Gasteiger partial charge in [-0.2, -0.15) is 4.98 Å². The molecule has 132 valence electrons.